The molecule has 1 heterocycles. The Kier molecular flexibility index (Phi) is 6.07. The second-order valence-corrected chi connectivity index (χ2v) is 6.55. The summed E-state index contributed by atoms with van der Waals surface area (Å²) in [7, 11) is 6.26. The summed E-state index contributed by atoms with van der Waals surface area (Å²) >= 11 is 0. The number of hydrogen-bond acceptors (Lipinski definition) is 3. The maximum absolute atomic E-state index is 12.0. The van der Waals surface area contributed by atoms with Gasteiger partial charge in [-0.3, -0.25) is 0 Å². The third kappa shape index (κ3) is 5.78. The van der Waals surface area contributed by atoms with Gasteiger partial charge in [0, 0.05) is 26.2 Å². The van der Waals surface area contributed by atoms with Crippen molar-refractivity contribution in [2.75, 3.05) is 47.3 Å². The van der Waals surface area contributed by atoms with Crippen molar-refractivity contribution in [1.82, 2.24) is 20.4 Å². The lowest BCUT2D eigenvalue weighted by molar-refractivity contribution is 0.129. The smallest absolute Gasteiger partial charge is 0.315 e. The Morgan fingerprint density at radius 1 is 1.32 bits per heavy atom. The molecule has 19 heavy (non-hydrogen) atoms. The minimum absolute atomic E-state index is 0.0277. The van der Waals surface area contributed by atoms with Crippen molar-refractivity contribution in [2.45, 2.75) is 32.2 Å². The van der Waals surface area contributed by atoms with Crippen molar-refractivity contribution in [3.05, 3.63) is 0 Å². The maximum atomic E-state index is 12.0. The topological polar surface area (TPSA) is 47.6 Å². The van der Waals surface area contributed by atoms with E-state index in [4.69, 9.17) is 0 Å². The molecule has 112 valence electrons. The number of piperidine rings is 1. The third-order valence-electron chi connectivity index (χ3n) is 3.61. The highest BCUT2D eigenvalue weighted by atomic mass is 16.2. The lowest BCUT2D eigenvalue weighted by Gasteiger charge is -2.42. The van der Waals surface area contributed by atoms with E-state index in [2.05, 4.69) is 55.4 Å². The molecule has 0 aromatic rings. The average Bonchev–Trinajstić information content (AvgIpc) is 2.30. The van der Waals surface area contributed by atoms with Crippen LogP contribution in [0.4, 0.5) is 4.79 Å². The molecule has 0 spiro atoms. The lowest BCUT2D eigenvalue weighted by Crippen LogP contribution is -2.61. The molecule has 0 unspecified atom stereocenters. The highest BCUT2D eigenvalue weighted by Crippen LogP contribution is 2.22. The number of hydrogen-bond donors (Lipinski definition) is 2. The van der Waals surface area contributed by atoms with E-state index in [-0.39, 0.29) is 11.6 Å². The molecule has 1 fully saturated rings. The summed E-state index contributed by atoms with van der Waals surface area (Å²) in [6.07, 6.45) is 2.02. The van der Waals surface area contributed by atoms with Gasteiger partial charge in [0.15, 0.2) is 0 Å². The first-order valence-electron chi connectivity index (χ1n) is 7.22. The first-order chi connectivity index (χ1) is 8.83. The molecule has 0 atom stereocenters. The SMILES string of the molecule is CC(C)CNC(=O)NC1(CN(C)C)CCN(C)CC1. The number of likely N-dealkylation sites (N-methyl/N-ethyl adjacent to an activating group) is 1. The average molecular weight is 270 g/mol. The second kappa shape index (κ2) is 7.10. The number of nitrogens with zero attached hydrogens (tertiary/aromatic N) is 2. The normalized spacial score (nSPS) is 19.7. The van der Waals surface area contributed by atoms with Crippen molar-refractivity contribution in [3.63, 3.8) is 0 Å². The zero-order valence-electron chi connectivity index (χ0n) is 13.1. The molecule has 0 bridgehead atoms. The van der Waals surface area contributed by atoms with Crippen molar-refractivity contribution >= 4 is 6.03 Å². The van der Waals surface area contributed by atoms with Gasteiger partial charge in [0.1, 0.15) is 0 Å². The van der Waals surface area contributed by atoms with Crippen molar-refractivity contribution in [2.24, 2.45) is 5.92 Å². The van der Waals surface area contributed by atoms with Gasteiger partial charge in [-0.05, 0) is 39.9 Å². The molecule has 0 radical (unpaired) electrons. The van der Waals surface area contributed by atoms with Gasteiger partial charge in [-0.15, -0.1) is 0 Å². The van der Waals surface area contributed by atoms with Crippen LogP contribution in [0.2, 0.25) is 0 Å². The van der Waals surface area contributed by atoms with Gasteiger partial charge in [0.2, 0.25) is 0 Å². The molecule has 2 N–H and O–H groups in total. The predicted octanol–water partition coefficient (Wildman–Crippen LogP) is 0.968. The monoisotopic (exact) mass is 270 g/mol. The van der Waals surface area contributed by atoms with Gasteiger partial charge in [0.25, 0.3) is 0 Å². The van der Waals surface area contributed by atoms with Gasteiger partial charge in [-0.2, -0.15) is 0 Å². The molecule has 1 aliphatic rings. The third-order valence-corrected chi connectivity index (χ3v) is 3.61. The van der Waals surface area contributed by atoms with Crippen LogP contribution in [0.25, 0.3) is 0 Å². The van der Waals surface area contributed by atoms with E-state index in [1.54, 1.807) is 0 Å². The summed E-state index contributed by atoms with van der Waals surface area (Å²) in [6, 6.07) is -0.0277. The van der Waals surface area contributed by atoms with Crippen LogP contribution in [0, 0.1) is 5.92 Å². The van der Waals surface area contributed by atoms with Gasteiger partial charge in [0.05, 0.1) is 5.54 Å². The standard InChI is InChI=1S/C14H30N4O/c1-12(2)10-15-13(19)16-14(11-17(3)4)6-8-18(5)9-7-14/h12H,6-11H2,1-5H3,(H2,15,16,19). The molecule has 0 aliphatic carbocycles. The van der Waals surface area contributed by atoms with Crippen LogP contribution < -0.4 is 10.6 Å². The van der Waals surface area contributed by atoms with E-state index >= 15 is 0 Å². The molecule has 0 aromatic heterocycles. The van der Waals surface area contributed by atoms with Crippen LogP contribution in [0.1, 0.15) is 26.7 Å². The fourth-order valence-electron chi connectivity index (χ4n) is 2.56. The molecule has 1 aliphatic heterocycles. The Hall–Kier alpha value is -0.810. The highest BCUT2D eigenvalue weighted by molar-refractivity contribution is 5.74. The maximum Gasteiger partial charge on any atom is 0.315 e. The minimum Gasteiger partial charge on any atom is -0.338 e. The van der Waals surface area contributed by atoms with Crippen LogP contribution in [-0.2, 0) is 0 Å². The van der Waals surface area contributed by atoms with Crippen LogP contribution >= 0.6 is 0 Å². The summed E-state index contributed by atoms with van der Waals surface area (Å²) < 4.78 is 0. The van der Waals surface area contributed by atoms with Crippen LogP contribution in [-0.4, -0.2) is 68.7 Å². The van der Waals surface area contributed by atoms with Crippen molar-refractivity contribution in [1.29, 1.82) is 0 Å². The largest absolute Gasteiger partial charge is 0.338 e. The predicted molar refractivity (Wildman–Crippen MR) is 79.4 cm³/mol. The zero-order valence-corrected chi connectivity index (χ0v) is 13.1. The summed E-state index contributed by atoms with van der Waals surface area (Å²) in [5.74, 6) is 0.480. The molecule has 1 rings (SSSR count). The summed E-state index contributed by atoms with van der Waals surface area (Å²) in [4.78, 5) is 16.5. The number of carbonyl (C=O) groups is 1. The fraction of sp³-hybridized carbons (Fsp3) is 0.929. The Balaban J connectivity index is 2.56. The number of likely N-dealkylation sites (tertiary alicyclic amines) is 1. The van der Waals surface area contributed by atoms with E-state index in [0.717, 1.165) is 39.0 Å². The number of rotatable bonds is 5. The molecule has 0 aromatic carbocycles. The first kappa shape index (κ1) is 16.2. The highest BCUT2D eigenvalue weighted by Gasteiger charge is 2.35. The first-order valence-corrected chi connectivity index (χ1v) is 7.22. The van der Waals surface area contributed by atoms with E-state index in [1.807, 2.05) is 0 Å². The van der Waals surface area contributed by atoms with E-state index in [9.17, 15) is 4.79 Å². The molecular weight excluding hydrogens is 240 g/mol. The quantitative estimate of drug-likeness (QED) is 0.782. The minimum atomic E-state index is -0.0862. The summed E-state index contributed by atoms with van der Waals surface area (Å²) in [5.41, 5.74) is -0.0862. The Labute approximate surface area is 117 Å². The van der Waals surface area contributed by atoms with E-state index in [0.29, 0.717) is 5.92 Å². The molecule has 2 amide bonds. The molecule has 5 heteroatoms. The fourth-order valence-corrected chi connectivity index (χ4v) is 2.56. The molecular formula is C14H30N4O. The Bertz CT molecular complexity index is 283. The number of nitrogens with one attached hydrogen (secondary N) is 2. The molecule has 0 saturated carbocycles. The van der Waals surface area contributed by atoms with Gasteiger partial charge < -0.3 is 20.4 Å². The van der Waals surface area contributed by atoms with Crippen LogP contribution in [0.15, 0.2) is 0 Å². The molecule has 5 nitrogen and oxygen atoms in total. The summed E-state index contributed by atoms with van der Waals surface area (Å²) in [5, 5.41) is 6.18. The van der Waals surface area contributed by atoms with Gasteiger partial charge >= 0.3 is 6.03 Å². The van der Waals surface area contributed by atoms with Crippen LogP contribution in [0.3, 0.4) is 0 Å². The second-order valence-electron chi connectivity index (χ2n) is 6.55. The molecule has 1 saturated heterocycles. The number of amides is 2. The number of carbonyl (C=O) groups excluding carboxylic acids is 1. The van der Waals surface area contributed by atoms with Crippen LogP contribution in [0.5, 0.6) is 0 Å². The summed E-state index contributed by atoms with van der Waals surface area (Å²) in [6.45, 7) is 7.91. The number of urea groups is 1. The van der Waals surface area contributed by atoms with Gasteiger partial charge in [-0.25, -0.2) is 4.79 Å². The van der Waals surface area contributed by atoms with Crippen molar-refractivity contribution in [3.8, 4) is 0 Å². The van der Waals surface area contributed by atoms with Crippen molar-refractivity contribution < 1.29 is 4.79 Å². The van der Waals surface area contributed by atoms with E-state index in [1.165, 1.54) is 0 Å². The Morgan fingerprint density at radius 2 is 1.89 bits per heavy atom. The zero-order chi connectivity index (χ0) is 14.5. The lowest BCUT2D eigenvalue weighted by atomic mass is 9.87. The Morgan fingerprint density at radius 3 is 2.37 bits per heavy atom. The van der Waals surface area contributed by atoms with E-state index < -0.39 is 0 Å². The van der Waals surface area contributed by atoms with Gasteiger partial charge in [-0.1, -0.05) is 13.8 Å².